The Morgan fingerprint density at radius 2 is 1.90 bits per heavy atom. The summed E-state index contributed by atoms with van der Waals surface area (Å²) in [6, 6.07) is 14.8. The van der Waals surface area contributed by atoms with E-state index in [1.54, 1.807) is 18.2 Å². The van der Waals surface area contributed by atoms with Crippen LogP contribution in [0.15, 0.2) is 53.6 Å². The molecule has 1 aliphatic heterocycles. The lowest BCUT2D eigenvalue weighted by molar-refractivity contribution is -0.154. The van der Waals surface area contributed by atoms with E-state index < -0.39 is 18.0 Å². The summed E-state index contributed by atoms with van der Waals surface area (Å²) in [7, 11) is 0. The minimum atomic E-state index is -1.00. The molecular formula is C23H24ClN3O4. The van der Waals surface area contributed by atoms with Crippen molar-refractivity contribution in [3.63, 3.8) is 0 Å². The third-order valence-electron chi connectivity index (χ3n) is 4.87. The second kappa shape index (κ2) is 10.2. The first-order valence-electron chi connectivity index (χ1n) is 10.0. The molecule has 2 amide bonds. The van der Waals surface area contributed by atoms with Crippen molar-refractivity contribution < 1.29 is 19.1 Å². The fraction of sp³-hybridized carbons (Fsp3) is 0.304. The molecule has 0 saturated heterocycles. The third-order valence-corrected chi connectivity index (χ3v) is 5.11. The van der Waals surface area contributed by atoms with Crippen LogP contribution in [0.3, 0.4) is 0 Å². The molecule has 1 heterocycles. The fourth-order valence-corrected chi connectivity index (χ4v) is 3.25. The van der Waals surface area contributed by atoms with E-state index in [2.05, 4.69) is 10.4 Å². The lowest BCUT2D eigenvalue weighted by Gasteiger charge is -2.15. The van der Waals surface area contributed by atoms with Crippen molar-refractivity contribution >= 4 is 40.8 Å². The van der Waals surface area contributed by atoms with Crippen LogP contribution in [0.1, 0.15) is 37.3 Å². The average molecular weight is 442 g/mol. The molecule has 0 aromatic heterocycles. The number of benzene rings is 2. The number of nitrogens with zero attached hydrogens (tertiary/aromatic N) is 2. The number of hydrogen-bond acceptors (Lipinski definition) is 5. The second-order valence-corrected chi connectivity index (χ2v) is 7.70. The van der Waals surface area contributed by atoms with E-state index >= 15 is 0 Å². The summed E-state index contributed by atoms with van der Waals surface area (Å²) >= 11 is 5.95. The summed E-state index contributed by atoms with van der Waals surface area (Å²) in [4.78, 5) is 36.8. The van der Waals surface area contributed by atoms with Gasteiger partial charge in [0.1, 0.15) is 0 Å². The van der Waals surface area contributed by atoms with Crippen LogP contribution in [-0.4, -0.2) is 41.2 Å². The van der Waals surface area contributed by atoms with E-state index in [1.807, 2.05) is 37.3 Å². The van der Waals surface area contributed by atoms with Crippen LogP contribution in [0.5, 0.6) is 0 Å². The SMILES string of the molecule is Cc1ccc(Cl)cc1NC(=O)C(C)OC(=O)CCC(=O)N1CCC(c2ccccc2)=N1. The highest BCUT2D eigenvalue weighted by Gasteiger charge is 2.23. The first-order valence-corrected chi connectivity index (χ1v) is 10.4. The number of anilines is 1. The minimum absolute atomic E-state index is 0.0356. The molecule has 0 radical (unpaired) electrons. The van der Waals surface area contributed by atoms with Crippen molar-refractivity contribution in [2.75, 3.05) is 11.9 Å². The Labute approximate surface area is 186 Å². The Bertz CT molecular complexity index is 1010. The lowest BCUT2D eigenvalue weighted by atomic mass is 10.1. The molecule has 1 atom stereocenters. The van der Waals surface area contributed by atoms with Gasteiger partial charge >= 0.3 is 5.97 Å². The Kier molecular flexibility index (Phi) is 7.41. The molecule has 1 aliphatic rings. The summed E-state index contributed by atoms with van der Waals surface area (Å²) in [5, 5.41) is 8.93. The van der Waals surface area contributed by atoms with Gasteiger partial charge in [-0.05, 0) is 37.1 Å². The number of ether oxygens (including phenoxy) is 1. The number of aryl methyl sites for hydroxylation is 1. The van der Waals surface area contributed by atoms with Gasteiger partial charge in [-0.1, -0.05) is 48.0 Å². The van der Waals surface area contributed by atoms with Gasteiger partial charge in [-0.25, -0.2) is 5.01 Å². The number of rotatable bonds is 7. The van der Waals surface area contributed by atoms with E-state index in [-0.39, 0.29) is 18.7 Å². The summed E-state index contributed by atoms with van der Waals surface area (Å²) in [6.07, 6.45) is -0.498. The predicted molar refractivity (Wildman–Crippen MR) is 119 cm³/mol. The average Bonchev–Trinajstić information content (AvgIpc) is 3.25. The zero-order valence-corrected chi connectivity index (χ0v) is 18.2. The maximum atomic E-state index is 12.4. The first-order chi connectivity index (χ1) is 14.8. The zero-order chi connectivity index (χ0) is 22.4. The predicted octanol–water partition coefficient (Wildman–Crippen LogP) is 3.94. The number of halogens is 1. The smallest absolute Gasteiger partial charge is 0.307 e. The van der Waals surface area contributed by atoms with Gasteiger partial charge in [0.2, 0.25) is 5.91 Å². The van der Waals surface area contributed by atoms with Crippen molar-refractivity contribution in [3.8, 4) is 0 Å². The molecule has 2 aromatic carbocycles. The van der Waals surface area contributed by atoms with Crippen LogP contribution in [0.2, 0.25) is 5.02 Å². The number of carbonyl (C=O) groups is 3. The largest absolute Gasteiger partial charge is 0.453 e. The summed E-state index contributed by atoms with van der Waals surface area (Å²) in [5.74, 6) is -1.35. The van der Waals surface area contributed by atoms with E-state index in [1.165, 1.54) is 11.9 Å². The number of carbonyl (C=O) groups excluding carboxylic acids is 3. The van der Waals surface area contributed by atoms with E-state index in [4.69, 9.17) is 16.3 Å². The fourth-order valence-electron chi connectivity index (χ4n) is 3.08. The normalized spacial score (nSPS) is 14.0. The molecule has 1 N–H and O–H groups in total. The van der Waals surface area contributed by atoms with E-state index in [0.717, 1.165) is 16.8 Å². The zero-order valence-electron chi connectivity index (χ0n) is 17.4. The highest BCUT2D eigenvalue weighted by Crippen LogP contribution is 2.20. The van der Waals surface area contributed by atoms with Gasteiger partial charge in [0, 0.05) is 23.6 Å². The monoisotopic (exact) mass is 441 g/mol. The summed E-state index contributed by atoms with van der Waals surface area (Å²) < 4.78 is 5.17. The quantitative estimate of drug-likeness (QED) is 0.659. The van der Waals surface area contributed by atoms with Gasteiger partial charge in [-0.2, -0.15) is 5.10 Å². The molecule has 0 aliphatic carbocycles. The van der Waals surface area contributed by atoms with Gasteiger partial charge in [0.05, 0.1) is 18.7 Å². The van der Waals surface area contributed by atoms with Crippen LogP contribution in [0, 0.1) is 6.92 Å². The number of hydrogen-bond donors (Lipinski definition) is 1. The third kappa shape index (κ3) is 6.15. The highest BCUT2D eigenvalue weighted by molar-refractivity contribution is 6.31. The number of hydrazone groups is 1. The van der Waals surface area contributed by atoms with Crippen LogP contribution in [-0.2, 0) is 19.1 Å². The molecule has 162 valence electrons. The summed E-state index contributed by atoms with van der Waals surface area (Å²) in [5.41, 5.74) is 3.21. The van der Waals surface area contributed by atoms with Crippen LogP contribution in [0.4, 0.5) is 5.69 Å². The molecule has 7 nitrogen and oxygen atoms in total. The lowest BCUT2D eigenvalue weighted by Crippen LogP contribution is -2.31. The highest BCUT2D eigenvalue weighted by atomic mass is 35.5. The van der Waals surface area contributed by atoms with Crippen LogP contribution < -0.4 is 5.32 Å². The molecule has 3 rings (SSSR count). The number of nitrogens with one attached hydrogen (secondary N) is 1. The van der Waals surface area contributed by atoms with Gasteiger partial charge in [0.15, 0.2) is 6.10 Å². The van der Waals surface area contributed by atoms with Crippen LogP contribution >= 0.6 is 11.6 Å². The van der Waals surface area contributed by atoms with Crippen molar-refractivity contribution in [2.45, 2.75) is 39.2 Å². The maximum absolute atomic E-state index is 12.4. The summed E-state index contributed by atoms with van der Waals surface area (Å²) in [6.45, 7) is 3.79. The van der Waals surface area contributed by atoms with E-state index in [0.29, 0.717) is 23.7 Å². The molecule has 0 bridgehead atoms. The number of amides is 2. The molecule has 0 saturated carbocycles. The molecule has 1 unspecified atom stereocenters. The standard InChI is InChI=1S/C23H24ClN3O4/c1-15-8-9-18(24)14-20(15)25-23(30)16(2)31-22(29)11-10-21(28)27-13-12-19(26-27)17-6-4-3-5-7-17/h3-9,14,16H,10-13H2,1-2H3,(H,25,30). The van der Waals surface area contributed by atoms with E-state index in [9.17, 15) is 14.4 Å². The molecule has 0 fully saturated rings. The van der Waals surface area contributed by atoms with Crippen molar-refractivity contribution in [1.29, 1.82) is 0 Å². The van der Waals surface area contributed by atoms with Crippen molar-refractivity contribution in [1.82, 2.24) is 5.01 Å². The Hall–Kier alpha value is -3.19. The maximum Gasteiger partial charge on any atom is 0.307 e. The van der Waals surface area contributed by atoms with Gasteiger partial charge < -0.3 is 10.1 Å². The Morgan fingerprint density at radius 3 is 2.65 bits per heavy atom. The minimum Gasteiger partial charge on any atom is -0.453 e. The van der Waals surface area contributed by atoms with Crippen LogP contribution in [0.25, 0.3) is 0 Å². The molecule has 0 spiro atoms. The van der Waals surface area contributed by atoms with Crippen molar-refractivity contribution in [2.24, 2.45) is 5.10 Å². The Morgan fingerprint density at radius 1 is 1.16 bits per heavy atom. The molecule has 8 heteroatoms. The first kappa shape index (κ1) is 22.5. The molecule has 2 aromatic rings. The van der Waals surface area contributed by atoms with Crippen molar-refractivity contribution in [3.05, 3.63) is 64.7 Å². The molecule has 31 heavy (non-hydrogen) atoms. The van der Waals surface area contributed by atoms with Gasteiger partial charge in [-0.3, -0.25) is 14.4 Å². The van der Waals surface area contributed by atoms with Gasteiger partial charge in [-0.15, -0.1) is 0 Å². The van der Waals surface area contributed by atoms with Gasteiger partial charge in [0.25, 0.3) is 5.91 Å². The molecular weight excluding hydrogens is 418 g/mol. The number of esters is 1. The topological polar surface area (TPSA) is 88.1 Å². The Balaban J connectivity index is 1.46. The second-order valence-electron chi connectivity index (χ2n) is 7.26.